The molecule has 0 amide bonds. The van der Waals surface area contributed by atoms with Gasteiger partial charge in [0.1, 0.15) is 5.72 Å². The van der Waals surface area contributed by atoms with Crippen molar-refractivity contribution in [3.05, 3.63) is 12.7 Å². The molecule has 2 unspecified atom stereocenters. The molecule has 0 aromatic heterocycles. The van der Waals surface area contributed by atoms with Gasteiger partial charge in [0.05, 0.1) is 12.8 Å². The van der Waals surface area contributed by atoms with E-state index in [2.05, 4.69) is 6.58 Å². The van der Waals surface area contributed by atoms with E-state index in [0.717, 1.165) is 6.42 Å². The molecule has 0 aliphatic carbocycles. The zero-order valence-electron chi connectivity index (χ0n) is 7.11. The number of hydrogen-bond donors (Lipinski definition) is 3. The van der Waals surface area contributed by atoms with Crippen LogP contribution in [0.2, 0.25) is 0 Å². The first-order chi connectivity index (χ1) is 5.64. The fourth-order valence-corrected chi connectivity index (χ4v) is 1.61. The third-order valence-electron chi connectivity index (χ3n) is 2.37. The Morgan fingerprint density at radius 3 is 2.92 bits per heavy atom. The molecule has 0 aromatic carbocycles. The van der Waals surface area contributed by atoms with Gasteiger partial charge < -0.3 is 15.9 Å². The van der Waals surface area contributed by atoms with Crippen molar-refractivity contribution in [1.29, 1.82) is 0 Å². The normalized spacial score (nSPS) is 33.6. The largest absolute Gasteiger partial charge is 0.392 e. The van der Waals surface area contributed by atoms with Crippen molar-refractivity contribution < 1.29 is 10.2 Å². The molecule has 1 rings (SSSR count). The molecule has 1 aliphatic rings. The first-order valence-electron chi connectivity index (χ1n) is 4.12. The molecule has 4 heteroatoms. The van der Waals surface area contributed by atoms with E-state index in [1.807, 2.05) is 0 Å². The number of nitrogens with two attached hydrogens (primary N) is 1. The molecular formula is C8H16N2O2. The quantitative estimate of drug-likeness (QED) is 0.489. The monoisotopic (exact) mass is 172 g/mol. The zero-order valence-corrected chi connectivity index (χ0v) is 7.11. The van der Waals surface area contributed by atoms with Crippen LogP contribution in [0.25, 0.3) is 0 Å². The van der Waals surface area contributed by atoms with Gasteiger partial charge in [0.2, 0.25) is 0 Å². The van der Waals surface area contributed by atoms with Gasteiger partial charge in [0.25, 0.3) is 0 Å². The van der Waals surface area contributed by atoms with E-state index in [1.54, 1.807) is 11.0 Å². The van der Waals surface area contributed by atoms with Gasteiger partial charge in [-0.15, -0.1) is 6.58 Å². The SMILES string of the molecule is C=CC(N)N1CCCC1(O)CO. The van der Waals surface area contributed by atoms with Crippen LogP contribution in [-0.4, -0.2) is 40.2 Å². The molecule has 1 aliphatic heterocycles. The van der Waals surface area contributed by atoms with Crippen molar-refractivity contribution in [1.82, 2.24) is 4.90 Å². The van der Waals surface area contributed by atoms with Crippen LogP contribution in [0.1, 0.15) is 12.8 Å². The van der Waals surface area contributed by atoms with Crippen molar-refractivity contribution in [2.45, 2.75) is 24.7 Å². The second-order valence-electron chi connectivity index (χ2n) is 3.16. The molecule has 0 saturated carbocycles. The Bertz CT molecular complexity index is 174. The molecule has 0 bridgehead atoms. The summed E-state index contributed by atoms with van der Waals surface area (Å²) in [4.78, 5) is 1.67. The van der Waals surface area contributed by atoms with Crippen LogP contribution < -0.4 is 5.73 Å². The number of rotatable bonds is 3. The summed E-state index contributed by atoms with van der Waals surface area (Å²) in [6.07, 6.45) is 2.62. The van der Waals surface area contributed by atoms with Gasteiger partial charge in [-0.25, -0.2) is 0 Å². The van der Waals surface area contributed by atoms with E-state index in [1.165, 1.54) is 0 Å². The summed E-state index contributed by atoms with van der Waals surface area (Å²) in [5, 5.41) is 18.8. The van der Waals surface area contributed by atoms with E-state index in [9.17, 15) is 5.11 Å². The molecule has 0 spiro atoms. The Balaban J connectivity index is 2.69. The van der Waals surface area contributed by atoms with Crippen molar-refractivity contribution in [2.24, 2.45) is 5.73 Å². The Labute approximate surface area is 72.3 Å². The first kappa shape index (κ1) is 9.67. The Kier molecular flexibility index (Phi) is 2.85. The van der Waals surface area contributed by atoms with Gasteiger partial charge in [-0.3, -0.25) is 4.90 Å². The summed E-state index contributed by atoms with van der Waals surface area (Å²) in [6, 6.07) is 0. The lowest BCUT2D eigenvalue weighted by atomic mass is 10.1. The molecule has 1 saturated heterocycles. The summed E-state index contributed by atoms with van der Waals surface area (Å²) < 4.78 is 0. The van der Waals surface area contributed by atoms with Crippen molar-refractivity contribution >= 4 is 0 Å². The van der Waals surface area contributed by atoms with Gasteiger partial charge in [-0.05, 0) is 12.8 Å². The maximum atomic E-state index is 9.81. The minimum absolute atomic E-state index is 0.269. The summed E-state index contributed by atoms with van der Waals surface area (Å²) in [5.41, 5.74) is 4.53. The molecule has 0 aromatic rings. The first-order valence-corrected chi connectivity index (χ1v) is 4.12. The van der Waals surface area contributed by atoms with E-state index < -0.39 is 5.72 Å². The zero-order chi connectivity index (χ0) is 9.19. The lowest BCUT2D eigenvalue weighted by molar-refractivity contribution is -0.123. The average Bonchev–Trinajstić information content (AvgIpc) is 2.47. The summed E-state index contributed by atoms with van der Waals surface area (Å²) in [6.45, 7) is 3.99. The van der Waals surface area contributed by atoms with E-state index in [0.29, 0.717) is 13.0 Å². The molecule has 4 N–H and O–H groups in total. The number of likely N-dealkylation sites (tertiary alicyclic amines) is 1. The molecule has 4 nitrogen and oxygen atoms in total. The predicted octanol–water partition coefficient (Wildman–Crippen LogP) is -0.766. The van der Waals surface area contributed by atoms with Crippen LogP contribution in [0.15, 0.2) is 12.7 Å². The fraction of sp³-hybridized carbons (Fsp3) is 0.750. The second-order valence-corrected chi connectivity index (χ2v) is 3.16. The smallest absolute Gasteiger partial charge is 0.143 e. The predicted molar refractivity (Wildman–Crippen MR) is 46.1 cm³/mol. The van der Waals surface area contributed by atoms with Gasteiger partial charge >= 0.3 is 0 Å². The number of aliphatic hydroxyl groups is 2. The number of hydrogen-bond acceptors (Lipinski definition) is 4. The van der Waals surface area contributed by atoms with Gasteiger partial charge in [0.15, 0.2) is 0 Å². The maximum absolute atomic E-state index is 9.81. The molecule has 1 heterocycles. The number of aliphatic hydroxyl groups excluding tert-OH is 1. The van der Waals surface area contributed by atoms with Crippen LogP contribution in [0.5, 0.6) is 0 Å². The van der Waals surface area contributed by atoms with Gasteiger partial charge in [-0.2, -0.15) is 0 Å². The third kappa shape index (κ3) is 1.51. The molecule has 0 radical (unpaired) electrons. The van der Waals surface area contributed by atoms with Crippen LogP contribution in [0.3, 0.4) is 0 Å². The summed E-state index contributed by atoms with van der Waals surface area (Å²) in [7, 11) is 0. The van der Waals surface area contributed by atoms with Gasteiger partial charge in [0, 0.05) is 6.54 Å². The minimum Gasteiger partial charge on any atom is -0.392 e. The van der Waals surface area contributed by atoms with Crippen molar-refractivity contribution in [3.8, 4) is 0 Å². The van der Waals surface area contributed by atoms with Crippen molar-refractivity contribution in [3.63, 3.8) is 0 Å². The Morgan fingerprint density at radius 1 is 1.75 bits per heavy atom. The second kappa shape index (κ2) is 3.53. The average molecular weight is 172 g/mol. The Hall–Kier alpha value is -0.420. The van der Waals surface area contributed by atoms with Gasteiger partial charge in [-0.1, -0.05) is 6.08 Å². The van der Waals surface area contributed by atoms with Crippen LogP contribution >= 0.6 is 0 Å². The van der Waals surface area contributed by atoms with E-state index in [4.69, 9.17) is 10.8 Å². The Morgan fingerprint density at radius 2 is 2.42 bits per heavy atom. The number of nitrogens with zero attached hydrogens (tertiary/aromatic N) is 1. The topological polar surface area (TPSA) is 69.7 Å². The molecule has 2 atom stereocenters. The lowest BCUT2D eigenvalue weighted by Crippen LogP contribution is -2.54. The highest BCUT2D eigenvalue weighted by atomic mass is 16.4. The lowest BCUT2D eigenvalue weighted by Gasteiger charge is -2.34. The van der Waals surface area contributed by atoms with Crippen LogP contribution in [0, 0.1) is 0 Å². The van der Waals surface area contributed by atoms with E-state index in [-0.39, 0.29) is 12.8 Å². The molecule has 1 fully saturated rings. The fourth-order valence-electron chi connectivity index (χ4n) is 1.61. The summed E-state index contributed by atoms with van der Waals surface area (Å²) in [5.74, 6) is 0. The summed E-state index contributed by atoms with van der Waals surface area (Å²) >= 11 is 0. The van der Waals surface area contributed by atoms with Crippen LogP contribution in [-0.2, 0) is 0 Å². The third-order valence-corrected chi connectivity index (χ3v) is 2.37. The molecule has 12 heavy (non-hydrogen) atoms. The van der Waals surface area contributed by atoms with Crippen molar-refractivity contribution in [2.75, 3.05) is 13.2 Å². The highest BCUT2D eigenvalue weighted by molar-refractivity contribution is 4.94. The standard InChI is InChI=1S/C8H16N2O2/c1-2-7(9)10-5-3-4-8(10,12)6-11/h2,7,11-12H,1,3-6,9H2. The molecular weight excluding hydrogens is 156 g/mol. The highest BCUT2D eigenvalue weighted by Gasteiger charge is 2.40. The molecule has 70 valence electrons. The van der Waals surface area contributed by atoms with Crippen LogP contribution in [0.4, 0.5) is 0 Å². The highest BCUT2D eigenvalue weighted by Crippen LogP contribution is 2.27. The van der Waals surface area contributed by atoms with E-state index >= 15 is 0 Å². The maximum Gasteiger partial charge on any atom is 0.143 e. The minimum atomic E-state index is -1.13.